The number of benzene rings is 1. The molecule has 2 aromatic rings. The van der Waals surface area contributed by atoms with Crippen molar-refractivity contribution in [3.63, 3.8) is 0 Å². The van der Waals surface area contributed by atoms with Crippen LogP contribution in [0.1, 0.15) is 48.4 Å². The van der Waals surface area contributed by atoms with Gasteiger partial charge >= 0.3 is 5.97 Å². The molecule has 0 spiro atoms. The Bertz CT molecular complexity index is 1060. The minimum absolute atomic E-state index is 0.0361. The van der Waals surface area contributed by atoms with Gasteiger partial charge in [0.15, 0.2) is 0 Å². The third kappa shape index (κ3) is 6.16. The van der Waals surface area contributed by atoms with E-state index in [1.54, 1.807) is 0 Å². The monoisotopic (exact) mass is 496 g/mol. The van der Waals surface area contributed by atoms with Crippen molar-refractivity contribution in [1.29, 1.82) is 0 Å². The Labute approximate surface area is 212 Å². The lowest BCUT2D eigenvalue weighted by molar-refractivity contribution is -0.137. The zero-order chi connectivity index (χ0) is 25.0. The Morgan fingerprint density at radius 2 is 2.08 bits per heavy atom. The van der Waals surface area contributed by atoms with Crippen LogP contribution in [0.15, 0.2) is 36.4 Å². The predicted molar refractivity (Wildman–Crippen MR) is 139 cm³/mol. The van der Waals surface area contributed by atoms with Gasteiger partial charge in [0.05, 0.1) is 19.6 Å². The van der Waals surface area contributed by atoms with Gasteiger partial charge < -0.3 is 20.1 Å². The van der Waals surface area contributed by atoms with Gasteiger partial charge in [-0.1, -0.05) is 18.2 Å². The number of hydrogen-bond acceptors (Lipinski definition) is 6. The SMILES string of the molecule is O=C(O)CC(CN1CC[C@](F)(CCc2ccc3c(n2)NCCC3)C1)c1cccc(N2CCOCC2)c1. The fraction of sp³-hybridized carbons (Fsp3) is 0.571. The molecule has 0 bridgehead atoms. The van der Waals surface area contributed by atoms with Crippen LogP contribution < -0.4 is 10.2 Å². The lowest BCUT2D eigenvalue weighted by Crippen LogP contribution is -2.36. The van der Waals surface area contributed by atoms with Gasteiger partial charge in [0.1, 0.15) is 11.5 Å². The van der Waals surface area contributed by atoms with Crippen molar-refractivity contribution in [2.45, 2.75) is 50.1 Å². The van der Waals surface area contributed by atoms with Gasteiger partial charge in [-0.2, -0.15) is 0 Å². The Balaban J connectivity index is 1.21. The number of aryl methyl sites for hydroxylation is 2. The first-order valence-electron chi connectivity index (χ1n) is 13.3. The molecule has 7 nitrogen and oxygen atoms in total. The number of carboxylic acids is 1. The first kappa shape index (κ1) is 25.0. The summed E-state index contributed by atoms with van der Waals surface area (Å²) in [5.41, 5.74) is 3.01. The van der Waals surface area contributed by atoms with E-state index < -0.39 is 11.6 Å². The normalized spacial score (nSPS) is 23.2. The maximum atomic E-state index is 15.8. The number of nitrogens with zero attached hydrogens (tertiary/aromatic N) is 3. The molecule has 8 heteroatoms. The molecule has 0 amide bonds. The summed E-state index contributed by atoms with van der Waals surface area (Å²) >= 11 is 0. The molecular weight excluding hydrogens is 459 g/mol. The predicted octanol–water partition coefficient (Wildman–Crippen LogP) is 3.88. The second kappa shape index (κ2) is 11.1. The van der Waals surface area contributed by atoms with Crippen LogP contribution in [-0.4, -0.2) is 79.1 Å². The largest absolute Gasteiger partial charge is 0.481 e. The highest BCUT2D eigenvalue weighted by atomic mass is 19.1. The number of nitrogens with one attached hydrogen (secondary N) is 1. The smallest absolute Gasteiger partial charge is 0.304 e. The van der Waals surface area contributed by atoms with Gasteiger partial charge in [0.2, 0.25) is 0 Å². The number of carbonyl (C=O) groups is 1. The Morgan fingerprint density at radius 3 is 2.92 bits per heavy atom. The molecule has 2 fully saturated rings. The number of likely N-dealkylation sites (tertiary alicyclic amines) is 1. The second-order valence-corrected chi connectivity index (χ2v) is 10.5. The highest BCUT2D eigenvalue weighted by Crippen LogP contribution is 2.34. The van der Waals surface area contributed by atoms with E-state index >= 15 is 4.39 Å². The third-order valence-corrected chi connectivity index (χ3v) is 7.78. The van der Waals surface area contributed by atoms with E-state index in [1.165, 1.54) is 5.56 Å². The van der Waals surface area contributed by atoms with Crippen LogP contribution in [0.25, 0.3) is 0 Å². The topological polar surface area (TPSA) is 77.9 Å². The van der Waals surface area contributed by atoms with E-state index in [0.717, 1.165) is 55.2 Å². The maximum Gasteiger partial charge on any atom is 0.304 e. The van der Waals surface area contributed by atoms with Gasteiger partial charge in [0.25, 0.3) is 0 Å². The van der Waals surface area contributed by atoms with Crippen LogP contribution in [0.3, 0.4) is 0 Å². The molecule has 3 aliphatic heterocycles. The lowest BCUT2D eigenvalue weighted by atomic mass is 9.94. The van der Waals surface area contributed by atoms with Crippen molar-refractivity contribution in [2.75, 3.05) is 62.7 Å². The number of morpholine rings is 1. The number of ether oxygens (including phenoxy) is 1. The standard InChI is InChI=1S/C28H37FN4O3/c29-28(9-8-24-7-6-21-4-2-11-30-27(21)31-24)10-12-32(20-28)19-23(18-26(34)35)22-3-1-5-25(17-22)33-13-15-36-16-14-33/h1,3,5-7,17,23H,2,4,8-16,18-20H2,(H,30,31)(H,34,35)/t23?,28-/m1/s1. The first-order valence-corrected chi connectivity index (χ1v) is 13.3. The number of hydrogen-bond donors (Lipinski definition) is 2. The van der Waals surface area contributed by atoms with E-state index in [2.05, 4.69) is 33.3 Å². The molecule has 4 heterocycles. The van der Waals surface area contributed by atoms with Crippen LogP contribution in [-0.2, 0) is 22.4 Å². The van der Waals surface area contributed by atoms with Crippen LogP contribution >= 0.6 is 0 Å². The van der Waals surface area contributed by atoms with Crippen molar-refractivity contribution in [2.24, 2.45) is 0 Å². The number of pyridine rings is 1. The molecule has 36 heavy (non-hydrogen) atoms. The molecule has 0 radical (unpaired) electrons. The summed E-state index contributed by atoms with van der Waals surface area (Å²) < 4.78 is 21.3. The molecule has 5 rings (SSSR count). The number of fused-ring (bicyclic) bond motifs is 1. The Hall–Kier alpha value is -2.71. The minimum atomic E-state index is -1.27. The van der Waals surface area contributed by atoms with Gasteiger partial charge in [-0.05, 0) is 61.4 Å². The van der Waals surface area contributed by atoms with E-state index in [0.29, 0.717) is 52.1 Å². The van der Waals surface area contributed by atoms with Crippen LogP contribution in [0.4, 0.5) is 15.9 Å². The lowest BCUT2D eigenvalue weighted by Gasteiger charge is -2.30. The molecular formula is C28H37FN4O3. The highest BCUT2D eigenvalue weighted by molar-refractivity contribution is 5.68. The summed E-state index contributed by atoms with van der Waals surface area (Å²) in [7, 11) is 0. The quantitative estimate of drug-likeness (QED) is 0.546. The average molecular weight is 497 g/mol. The summed E-state index contributed by atoms with van der Waals surface area (Å²) in [6, 6.07) is 12.3. The maximum absolute atomic E-state index is 15.8. The van der Waals surface area contributed by atoms with Crippen molar-refractivity contribution in [3.05, 3.63) is 53.2 Å². The molecule has 3 aliphatic rings. The molecule has 194 valence electrons. The summed E-state index contributed by atoms with van der Waals surface area (Å²) in [4.78, 5) is 20.8. The second-order valence-electron chi connectivity index (χ2n) is 10.5. The number of aromatic nitrogens is 1. The number of rotatable bonds is 9. The first-order chi connectivity index (χ1) is 17.5. The molecule has 0 saturated carbocycles. The van der Waals surface area contributed by atoms with Crippen molar-refractivity contribution in [3.8, 4) is 0 Å². The highest BCUT2D eigenvalue weighted by Gasteiger charge is 2.39. The molecule has 1 aromatic carbocycles. The van der Waals surface area contributed by atoms with Crippen LogP contribution in [0.2, 0.25) is 0 Å². The van der Waals surface area contributed by atoms with Crippen molar-refractivity contribution < 1.29 is 19.0 Å². The number of anilines is 2. The number of halogens is 1. The van der Waals surface area contributed by atoms with E-state index in [1.807, 2.05) is 18.2 Å². The number of alkyl halides is 1. The summed E-state index contributed by atoms with van der Waals surface area (Å²) in [5, 5.41) is 13.0. The van der Waals surface area contributed by atoms with E-state index in [-0.39, 0.29) is 12.3 Å². The fourth-order valence-corrected chi connectivity index (χ4v) is 5.74. The van der Waals surface area contributed by atoms with Crippen LogP contribution in [0.5, 0.6) is 0 Å². The molecule has 1 aromatic heterocycles. The number of carboxylic acid groups (broad SMARTS) is 1. The van der Waals surface area contributed by atoms with Gasteiger partial charge in [-0.25, -0.2) is 9.37 Å². The molecule has 2 atom stereocenters. The average Bonchev–Trinajstić information content (AvgIpc) is 3.28. The third-order valence-electron chi connectivity index (χ3n) is 7.78. The minimum Gasteiger partial charge on any atom is -0.481 e. The van der Waals surface area contributed by atoms with Gasteiger partial charge in [0, 0.05) is 56.6 Å². The zero-order valence-corrected chi connectivity index (χ0v) is 20.9. The van der Waals surface area contributed by atoms with E-state index in [9.17, 15) is 9.90 Å². The van der Waals surface area contributed by atoms with Gasteiger partial charge in [-0.15, -0.1) is 0 Å². The Kier molecular flexibility index (Phi) is 7.72. The summed E-state index contributed by atoms with van der Waals surface area (Å²) in [6.45, 7) is 5.55. The fourth-order valence-electron chi connectivity index (χ4n) is 5.74. The van der Waals surface area contributed by atoms with Gasteiger partial charge in [-0.3, -0.25) is 9.69 Å². The van der Waals surface area contributed by atoms with Crippen molar-refractivity contribution >= 4 is 17.5 Å². The molecule has 2 N–H and O–H groups in total. The Morgan fingerprint density at radius 1 is 1.22 bits per heavy atom. The molecule has 0 aliphatic carbocycles. The summed E-state index contributed by atoms with van der Waals surface area (Å²) in [5.74, 6) is -0.0515. The van der Waals surface area contributed by atoms with Crippen molar-refractivity contribution in [1.82, 2.24) is 9.88 Å². The summed E-state index contributed by atoms with van der Waals surface area (Å²) in [6.07, 6.45) is 3.73. The zero-order valence-electron chi connectivity index (χ0n) is 20.9. The van der Waals surface area contributed by atoms with Crippen LogP contribution in [0, 0.1) is 0 Å². The number of aliphatic carboxylic acids is 1. The molecule has 1 unspecified atom stereocenters. The molecule has 2 saturated heterocycles. The van der Waals surface area contributed by atoms with E-state index in [4.69, 9.17) is 9.72 Å².